The Labute approximate surface area is 104 Å². The predicted molar refractivity (Wildman–Crippen MR) is 71.9 cm³/mol. The highest BCUT2D eigenvalue weighted by Gasteiger charge is 2.12. The molecule has 96 valence electrons. The SMILES string of the molecule is Cc1ccccc1C(N)CCN(C)C(C)CO. The Kier molecular flexibility index (Phi) is 5.62. The third kappa shape index (κ3) is 4.11. The van der Waals surface area contributed by atoms with Gasteiger partial charge in [0.15, 0.2) is 0 Å². The van der Waals surface area contributed by atoms with Gasteiger partial charge >= 0.3 is 0 Å². The van der Waals surface area contributed by atoms with Gasteiger partial charge in [-0.25, -0.2) is 0 Å². The molecule has 1 aromatic carbocycles. The van der Waals surface area contributed by atoms with Gasteiger partial charge in [-0.15, -0.1) is 0 Å². The fourth-order valence-electron chi connectivity index (χ4n) is 1.86. The zero-order valence-electron chi connectivity index (χ0n) is 11.1. The van der Waals surface area contributed by atoms with E-state index in [4.69, 9.17) is 10.8 Å². The van der Waals surface area contributed by atoms with Crippen molar-refractivity contribution >= 4 is 0 Å². The first-order valence-electron chi connectivity index (χ1n) is 6.18. The van der Waals surface area contributed by atoms with E-state index in [0.29, 0.717) is 0 Å². The maximum atomic E-state index is 9.06. The molecule has 0 spiro atoms. The van der Waals surface area contributed by atoms with E-state index >= 15 is 0 Å². The second-order valence-corrected chi connectivity index (χ2v) is 4.76. The molecule has 2 unspecified atom stereocenters. The first kappa shape index (κ1) is 14.2. The van der Waals surface area contributed by atoms with Crippen LogP contribution in [0.1, 0.15) is 30.5 Å². The number of aliphatic hydroxyl groups excluding tert-OH is 1. The lowest BCUT2D eigenvalue weighted by Gasteiger charge is -2.24. The molecule has 0 aliphatic heterocycles. The van der Waals surface area contributed by atoms with E-state index in [1.54, 1.807) is 0 Å². The van der Waals surface area contributed by atoms with Crippen LogP contribution < -0.4 is 5.73 Å². The highest BCUT2D eigenvalue weighted by Crippen LogP contribution is 2.18. The monoisotopic (exact) mass is 236 g/mol. The summed E-state index contributed by atoms with van der Waals surface area (Å²) in [6.45, 7) is 5.20. The Bertz CT molecular complexity index is 341. The van der Waals surface area contributed by atoms with Crippen molar-refractivity contribution in [2.24, 2.45) is 5.73 Å². The lowest BCUT2D eigenvalue weighted by molar-refractivity contribution is 0.156. The molecule has 3 heteroatoms. The molecule has 2 atom stereocenters. The van der Waals surface area contributed by atoms with Gasteiger partial charge in [0.2, 0.25) is 0 Å². The molecule has 0 aliphatic carbocycles. The minimum absolute atomic E-state index is 0.0737. The van der Waals surface area contributed by atoms with E-state index in [0.717, 1.165) is 13.0 Å². The summed E-state index contributed by atoms with van der Waals surface area (Å²) in [4.78, 5) is 2.14. The number of benzene rings is 1. The van der Waals surface area contributed by atoms with Crippen molar-refractivity contribution in [3.63, 3.8) is 0 Å². The number of hydrogen-bond donors (Lipinski definition) is 2. The van der Waals surface area contributed by atoms with E-state index in [9.17, 15) is 0 Å². The summed E-state index contributed by atoms with van der Waals surface area (Å²) < 4.78 is 0. The average Bonchev–Trinajstić information content (AvgIpc) is 2.35. The number of aryl methyl sites for hydroxylation is 1. The van der Waals surface area contributed by atoms with Crippen LogP contribution in [-0.4, -0.2) is 36.2 Å². The van der Waals surface area contributed by atoms with Gasteiger partial charge in [0.05, 0.1) is 6.61 Å². The normalized spacial score (nSPS) is 14.9. The van der Waals surface area contributed by atoms with E-state index < -0.39 is 0 Å². The van der Waals surface area contributed by atoms with Crippen molar-refractivity contribution < 1.29 is 5.11 Å². The smallest absolute Gasteiger partial charge is 0.0584 e. The second kappa shape index (κ2) is 6.74. The van der Waals surface area contributed by atoms with E-state index in [1.165, 1.54) is 11.1 Å². The second-order valence-electron chi connectivity index (χ2n) is 4.76. The van der Waals surface area contributed by atoms with Gasteiger partial charge in [-0.3, -0.25) is 0 Å². The topological polar surface area (TPSA) is 49.5 Å². The predicted octanol–water partition coefficient (Wildman–Crippen LogP) is 1.70. The molecule has 0 heterocycles. The van der Waals surface area contributed by atoms with Crippen molar-refractivity contribution in [1.29, 1.82) is 0 Å². The third-order valence-electron chi connectivity index (χ3n) is 3.40. The first-order valence-corrected chi connectivity index (χ1v) is 6.18. The average molecular weight is 236 g/mol. The minimum Gasteiger partial charge on any atom is -0.395 e. The van der Waals surface area contributed by atoms with Crippen molar-refractivity contribution in [3.8, 4) is 0 Å². The largest absolute Gasteiger partial charge is 0.395 e. The van der Waals surface area contributed by atoms with Crippen molar-refractivity contribution in [2.45, 2.75) is 32.4 Å². The third-order valence-corrected chi connectivity index (χ3v) is 3.40. The van der Waals surface area contributed by atoms with Gasteiger partial charge in [-0.1, -0.05) is 24.3 Å². The van der Waals surface area contributed by atoms with Gasteiger partial charge in [0, 0.05) is 18.6 Å². The summed E-state index contributed by atoms with van der Waals surface area (Å²) >= 11 is 0. The fourth-order valence-corrected chi connectivity index (χ4v) is 1.86. The van der Waals surface area contributed by atoms with Crippen molar-refractivity contribution in [1.82, 2.24) is 4.90 Å². The van der Waals surface area contributed by atoms with Gasteiger partial charge in [0.25, 0.3) is 0 Å². The standard InChI is InChI=1S/C14H24N2O/c1-11-6-4-5-7-13(11)14(15)8-9-16(3)12(2)10-17/h4-7,12,14,17H,8-10,15H2,1-3H3. The number of rotatable bonds is 6. The van der Waals surface area contributed by atoms with E-state index in [1.807, 2.05) is 26.1 Å². The summed E-state index contributed by atoms with van der Waals surface area (Å²) in [5.74, 6) is 0. The summed E-state index contributed by atoms with van der Waals surface area (Å²) in [5.41, 5.74) is 8.66. The van der Waals surface area contributed by atoms with Crippen molar-refractivity contribution in [2.75, 3.05) is 20.2 Å². The molecule has 0 aliphatic rings. The maximum absolute atomic E-state index is 9.06. The van der Waals surface area contributed by atoms with Gasteiger partial charge in [-0.2, -0.15) is 0 Å². The summed E-state index contributed by atoms with van der Waals surface area (Å²) in [7, 11) is 2.02. The van der Waals surface area contributed by atoms with Crippen LogP contribution in [0.2, 0.25) is 0 Å². The quantitative estimate of drug-likeness (QED) is 0.790. The van der Waals surface area contributed by atoms with Crippen LogP contribution in [0.5, 0.6) is 0 Å². The number of likely N-dealkylation sites (N-methyl/N-ethyl adjacent to an activating group) is 1. The van der Waals surface area contributed by atoms with Crippen LogP contribution in [-0.2, 0) is 0 Å². The molecule has 17 heavy (non-hydrogen) atoms. The Morgan fingerprint density at radius 3 is 2.59 bits per heavy atom. The van der Waals surface area contributed by atoms with Crippen molar-refractivity contribution in [3.05, 3.63) is 35.4 Å². The van der Waals surface area contributed by atoms with E-state index in [-0.39, 0.29) is 18.7 Å². The molecule has 0 amide bonds. The zero-order chi connectivity index (χ0) is 12.8. The molecule has 1 aromatic rings. The molecule has 0 radical (unpaired) electrons. The zero-order valence-corrected chi connectivity index (χ0v) is 11.1. The molecule has 1 rings (SSSR count). The van der Waals surface area contributed by atoms with Crippen LogP contribution in [0.25, 0.3) is 0 Å². The lowest BCUT2D eigenvalue weighted by Crippen LogP contribution is -2.34. The maximum Gasteiger partial charge on any atom is 0.0584 e. The molecule has 3 N–H and O–H groups in total. The first-order chi connectivity index (χ1) is 8.06. The van der Waals surface area contributed by atoms with Gasteiger partial charge in [0.1, 0.15) is 0 Å². The van der Waals surface area contributed by atoms with Gasteiger partial charge < -0.3 is 15.7 Å². The van der Waals surface area contributed by atoms with Gasteiger partial charge in [-0.05, 0) is 38.4 Å². The molecule has 0 aromatic heterocycles. The molecule has 0 bridgehead atoms. The Balaban J connectivity index is 2.50. The Morgan fingerprint density at radius 2 is 2.00 bits per heavy atom. The van der Waals surface area contributed by atoms with Crippen LogP contribution in [0, 0.1) is 6.92 Å². The number of nitrogens with two attached hydrogens (primary N) is 1. The molecule has 0 fully saturated rings. The molecular weight excluding hydrogens is 212 g/mol. The molecule has 0 saturated carbocycles. The summed E-state index contributed by atoms with van der Waals surface area (Å²) in [5, 5.41) is 9.06. The Morgan fingerprint density at radius 1 is 1.35 bits per heavy atom. The van der Waals surface area contributed by atoms with Crippen LogP contribution in [0.3, 0.4) is 0 Å². The Hall–Kier alpha value is -0.900. The fraction of sp³-hybridized carbons (Fsp3) is 0.571. The van der Waals surface area contributed by atoms with Crippen LogP contribution >= 0.6 is 0 Å². The molecule has 3 nitrogen and oxygen atoms in total. The van der Waals surface area contributed by atoms with Crippen LogP contribution in [0.4, 0.5) is 0 Å². The number of hydrogen-bond acceptors (Lipinski definition) is 3. The lowest BCUT2D eigenvalue weighted by atomic mass is 9.99. The summed E-state index contributed by atoms with van der Waals surface area (Å²) in [6, 6.07) is 8.52. The summed E-state index contributed by atoms with van der Waals surface area (Å²) in [6.07, 6.45) is 0.908. The highest BCUT2D eigenvalue weighted by atomic mass is 16.3. The molecular formula is C14H24N2O. The number of nitrogens with zero attached hydrogens (tertiary/aromatic N) is 1. The van der Waals surface area contributed by atoms with Crippen LogP contribution in [0.15, 0.2) is 24.3 Å². The highest BCUT2D eigenvalue weighted by molar-refractivity contribution is 5.28. The van der Waals surface area contributed by atoms with E-state index in [2.05, 4.69) is 24.0 Å². The minimum atomic E-state index is 0.0737. The number of aliphatic hydroxyl groups is 1. The molecule has 0 saturated heterocycles.